The number of benzene rings is 2. The van der Waals surface area contributed by atoms with Gasteiger partial charge < -0.3 is 4.42 Å². The third-order valence-corrected chi connectivity index (χ3v) is 5.26. The highest BCUT2D eigenvalue weighted by Crippen LogP contribution is 2.32. The van der Waals surface area contributed by atoms with Gasteiger partial charge in [-0.2, -0.15) is 0 Å². The lowest BCUT2D eigenvalue weighted by molar-refractivity contribution is 0.531. The molecule has 0 N–H and O–H groups in total. The number of halogens is 2. The largest absolute Gasteiger partial charge is 0.460 e. The van der Waals surface area contributed by atoms with Crippen molar-refractivity contribution in [2.75, 3.05) is 6.26 Å². The van der Waals surface area contributed by atoms with E-state index in [0.717, 1.165) is 12.3 Å². The van der Waals surface area contributed by atoms with Gasteiger partial charge in [-0.05, 0) is 48.9 Å². The van der Waals surface area contributed by atoms with Crippen LogP contribution in [-0.4, -0.2) is 14.7 Å². The molecule has 26 heavy (non-hydrogen) atoms. The van der Waals surface area contributed by atoms with E-state index in [9.17, 15) is 17.6 Å². The third-order valence-electron chi connectivity index (χ3n) is 3.82. The summed E-state index contributed by atoms with van der Waals surface area (Å²) in [7, 11) is -3.35. The fourth-order valence-corrected chi connectivity index (χ4v) is 3.34. The molecule has 0 saturated heterocycles. The Hall–Kier alpha value is -2.44. The van der Waals surface area contributed by atoms with Crippen LogP contribution in [0.4, 0.5) is 4.39 Å². The fourth-order valence-electron chi connectivity index (χ4n) is 2.59. The van der Waals surface area contributed by atoms with Gasteiger partial charge in [-0.15, -0.1) is 0 Å². The monoisotopic (exact) mass is 392 g/mol. The van der Waals surface area contributed by atoms with Crippen molar-refractivity contribution in [2.45, 2.75) is 11.8 Å². The van der Waals surface area contributed by atoms with E-state index in [0.29, 0.717) is 16.9 Å². The van der Waals surface area contributed by atoms with E-state index < -0.39 is 15.7 Å². The normalized spacial score (nSPS) is 11.5. The van der Waals surface area contributed by atoms with Crippen molar-refractivity contribution in [2.24, 2.45) is 0 Å². The van der Waals surface area contributed by atoms with Crippen LogP contribution < -0.4 is 5.43 Å². The van der Waals surface area contributed by atoms with Crippen LogP contribution in [0.2, 0.25) is 5.02 Å². The predicted molar refractivity (Wildman–Crippen MR) is 98.7 cm³/mol. The van der Waals surface area contributed by atoms with Crippen LogP contribution in [-0.2, 0) is 9.84 Å². The van der Waals surface area contributed by atoms with Gasteiger partial charge in [-0.25, -0.2) is 12.8 Å². The van der Waals surface area contributed by atoms with Crippen molar-refractivity contribution in [3.05, 3.63) is 75.4 Å². The van der Waals surface area contributed by atoms with Gasteiger partial charge in [0.25, 0.3) is 0 Å². The first-order valence-electron chi connectivity index (χ1n) is 7.57. The second-order valence-electron chi connectivity index (χ2n) is 5.85. The Balaban J connectivity index is 2.24. The molecule has 2 aromatic carbocycles. The van der Waals surface area contributed by atoms with Gasteiger partial charge in [0.15, 0.2) is 15.3 Å². The standard InChI is InChI=1S/C19H14ClFO4S/c1-11-9-17(22)18(13-5-8-15(20)16(21)10-13)19(25-11)12-3-6-14(7-4-12)26(2,23)24/h3-10H,1-2H3. The molecule has 3 aromatic rings. The average Bonchev–Trinajstić information content (AvgIpc) is 2.56. The average molecular weight is 393 g/mol. The van der Waals surface area contributed by atoms with Gasteiger partial charge in [0.1, 0.15) is 17.3 Å². The summed E-state index contributed by atoms with van der Waals surface area (Å²) in [4.78, 5) is 12.7. The highest BCUT2D eigenvalue weighted by Gasteiger charge is 2.17. The number of rotatable bonds is 3. The molecule has 0 aliphatic rings. The van der Waals surface area contributed by atoms with Crippen molar-refractivity contribution >= 4 is 21.4 Å². The van der Waals surface area contributed by atoms with E-state index in [-0.39, 0.29) is 26.7 Å². The van der Waals surface area contributed by atoms with Gasteiger partial charge in [-0.1, -0.05) is 17.7 Å². The maximum Gasteiger partial charge on any atom is 0.193 e. The Morgan fingerprint density at radius 1 is 1.00 bits per heavy atom. The molecule has 0 atom stereocenters. The number of sulfone groups is 1. The summed E-state index contributed by atoms with van der Waals surface area (Å²) in [6.45, 7) is 1.63. The molecule has 0 spiro atoms. The zero-order chi connectivity index (χ0) is 19.1. The van der Waals surface area contributed by atoms with Crippen molar-refractivity contribution in [1.82, 2.24) is 0 Å². The van der Waals surface area contributed by atoms with Crippen molar-refractivity contribution in [3.63, 3.8) is 0 Å². The van der Waals surface area contributed by atoms with Crippen LogP contribution in [0.25, 0.3) is 22.5 Å². The summed E-state index contributed by atoms with van der Waals surface area (Å²) in [5.41, 5.74) is 0.669. The topological polar surface area (TPSA) is 64.3 Å². The van der Waals surface area contributed by atoms with E-state index in [1.165, 1.54) is 30.3 Å². The molecule has 0 bridgehead atoms. The predicted octanol–water partition coefficient (Wildman–Crippen LogP) is 4.48. The molecule has 0 aliphatic heterocycles. The molecule has 7 heteroatoms. The Morgan fingerprint density at radius 3 is 2.19 bits per heavy atom. The number of aryl methyl sites for hydroxylation is 1. The van der Waals surface area contributed by atoms with Crippen molar-refractivity contribution in [3.8, 4) is 22.5 Å². The molecular weight excluding hydrogens is 379 g/mol. The Labute approximate surface area is 154 Å². The summed E-state index contributed by atoms with van der Waals surface area (Å²) in [6, 6.07) is 11.3. The van der Waals surface area contributed by atoms with Crippen LogP contribution >= 0.6 is 11.6 Å². The second kappa shape index (κ2) is 6.70. The molecule has 0 radical (unpaired) electrons. The molecule has 3 rings (SSSR count). The Morgan fingerprint density at radius 2 is 1.62 bits per heavy atom. The molecule has 0 amide bonds. The summed E-state index contributed by atoms with van der Waals surface area (Å²) < 4.78 is 42.8. The fraction of sp³-hybridized carbons (Fsp3) is 0.105. The van der Waals surface area contributed by atoms with Gasteiger partial charge in [0.2, 0.25) is 0 Å². The molecular formula is C19H14ClFO4S. The van der Waals surface area contributed by atoms with E-state index >= 15 is 0 Å². The minimum Gasteiger partial charge on any atom is -0.460 e. The zero-order valence-corrected chi connectivity index (χ0v) is 15.5. The maximum absolute atomic E-state index is 13.9. The first-order valence-corrected chi connectivity index (χ1v) is 9.84. The molecule has 134 valence electrons. The SMILES string of the molecule is Cc1cc(=O)c(-c2ccc(Cl)c(F)c2)c(-c2ccc(S(C)(=O)=O)cc2)o1. The first-order chi connectivity index (χ1) is 12.2. The molecule has 4 nitrogen and oxygen atoms in total. The van der Waals surface area contributed by atoms with Crippen LogP contribution in [0.1, 0.15) is 5.76 Å². The molecule has 0 unspecified atom stereocenters. The summed E-state index contributed by atoms with van der Waals surface area (Å²) in [5, 5.41) is -0.0516. The Kier molecular flexibility index (Phi) is 4.73. The van der Waals surface area contributed by atoms with E-state index in [2.05, 4.69) is 0 Å². The summed E-state index contributed by atoms with van der Waals surface area (Å²) >= 11 is 5.72. The lowest BCUT2D eigenvalue weighted by Crippen LogP contribution is -2.06. The summed E-state index contributed by atoms with van der Waals surface area (Å²) in [5.74, 6) is -0.0327. The molecule has 0 saturated carbocycles. The smallest absolute Gasteiger partial charge is 0.193 e. The third kappa shape index (κ3) is 3.57. The highest BCUT2D eigenvalue weighted by molar-refractivity contribution is 7.90. The van der Waals surface area contributed by atoms with E-state index in [4.69, 9.17) is 16.0 Å². The lowest BCUT2D eigenvalue weighted by Gasteiger charge is -2.10. The van der Waals surface area contributed by atoms with Gasteiger partial charge >= 0.3 is 0 Å². The van der Waals surface area contributed by atoms with Crippen LogP contribution in [0.15, 0.2) is 62.6 Å². The molecule has 1 aromatic heterocycles. The minimum atomic E-state index is -3.35. The van der Waals surface area contributed by atoms with Gasteiger partial charge in [-0.3, -0.25) is 4.79 Å². The number of hydrogen-bond acceptors (Lipinski definition) is 4. The minimum absolute atomic E-state index is 0.0516. The second-order valence-corrected chi connectivity index (χ2v) is 8.27. The van der Waals surface area contributed by atoms with Crippen molar-refractivity contribution in [1.29, 1.82) is 0 Å². The number of hydrogen-bond donors (Lipinski definition) is 0. The lowest BCUT2D eigenvalue weighted by atomic mass is 10.00. The first kappa shape index (κ1) is 18.4. The molecule has 1 heterocycles. The highest BCUT2D eigenvalue weighted by atomic mass is 35.5. The van der Waals surface area contributed by atoms with Crippen LogP contribution in [0, 0.1) is 12.7 Å². The van der Waals surface area contributed by atoms with E-state index in [1.54, 1.807) is 19.1 Å². The van der Waals surface area contributed by atoms with Crippen LogP contribution in [0.5, 0.6) is 0 Å². The van der Waals surface area contributed by atoms with Gasteiger partial charge in [0, 0.05) is 17.9 Å². The maximum atomic E-state index is 13.9. The van der Waals surface area contributed by atoms with Crippen molar-refractivity contribution < 1.29 is 17.2 Å². The van der Waals surface area contributed by atoms with E-state index in [1.807, 2.05) is 0 Å². The summed E-state index contributed by atoms with van der Waals surface area (Å²) in [6.07, 6.45) is 1.11. The molecule has 0 fully saturated rings. The molecule has 0 aliphatic carbocycles. The Bertz CT molecular complexity index is 1150. The van der Waals surface area contributed by atoms with Gasteiger partial charge in [0.05, 0.1) is 15.5 Å². The quantitative estimate of drug-likeness (QED) is 0.659. The zero-order valence-electron chi connectivity index (χ0n) is 13.9. The van der Waals surface area contributed by atoms with Crippen LogP contribution in [0.3, 0.4) is 0 Å².